The fourth-order valence-electron chi connectivity index (χ4n) is 2.96. The predicted molar refractivity (Wildman–Crippen MR) is 108 cm³/mol. The molecule has 1 aliphatic heterocycles. The van der Waals surface area contributed by atoms with Gasteiger partial charge >= 0.3 is 0 Å². The van der Waals surface area contributed by atoms with Crippen molar-refractivity contribution < 1.29 is 18.1 Å². The molecule has 28 heavy (non-hydrogen) atoms. The van der Waals surface area contributed by atoms with E-state index in [-0.39, 0.29) is 16.1 Å². The summed E-state index contributed by atoms with van der Waals surface area (Å²) in [6.07, 6.45) is 1.63. The predicted octanol–water partition coefficient (Wildman–Crippen LogP) is 3.70. The summed E-state index contributed by atoms with van der Waals surface area (Å²) in [5.74, 6) is -0.561. The summed E-state index contributed by atoms with van der Waals surface area (Å²) in [5.41, 5.74) is 0.923. The Balaban J connectivity index is 1.92. The van der Waals surface area contributed by atoms with Gasteiger partial charge in [-0.2, -0.15) is 4.31 Å². The van der Waals surface area contributed by atoms with E-state index in [9.17, 15) is 23.3 Å². The number of carbonyl (C=O) groups excluding carboxylic acids is 1. The van der Waals surface area contributed by atoms with Crippen LogP contribution in [0.3, 0.4) is 0 Å². The van der Waals surface area contributed by atoms with E-state index in [0.717, 1.165) is 12.8 Å². The number of benzene rings is 2. The lowest BCUT2D eigenvalue weighted by molar-refractivity contribution is -0.384. The van der Waals surface area contributed by atoms with Crippen LogP contribution in [0.1, 0.15) is 28.8 Å². The first-order chi connectivity index (χ1) is 13.2. The molecule has 1 aliphatic rings. The number of nitro benzene ring substituents is 1. The van der Waals surface area contributed by atoms with Crippen molar-refractivity contribution in [3.05, 3.63) is 62.1 Å². The lowest BCUT2D eigenvalue weighted by atomic mass is 10.1. The number of nitrogens with one attached hydrogen (secondary N) is 1. The Labute approximate surface area is 170 Å². The molecule has 1 amide bonds. The Kier molecular flexibility index (Phi) is 5.82. The van der Waals surface area contributed by atoms with Gasteiger partial charge in [-0.1, -0.05) is 6.07 Å². The fraction of sp³-hybridized carbons (Fsp3) is 0.278. The van der Waals surface area contributed by atoms with Crippen LogP contribution in [-0.2, 0) is 10.0 Å². The highest BCUT2D eigenvalue weighted by atomic mass is 79.9. The molecule has 1 heterocycles. The molecule has 148 valence electrons. The van der Waals surface area contributed by atoms with Crippen molar-refractivity contribution in [2.75, 3.05) is 18.4 Å². The summed E-state index contributed by atoms with van der Waals surface area (Å²) in [6, 6.07) is 8.44. The first-order valence-electron chi connectivity index (χ1n) is 8.56. The molecule has 1 saturated heterocycles. The molecule has 0 atom stereocenters. The van der Waals surface area contributed by atoms with Crippen LogP contribution in [0.15, 0.2) is 45.8 Å². The molecule has 0 unspecified atom stereocenters. The van der Waals surface area contributed by atoms with Gasteiger partial charge in [-0.15, -0.1) is 0 Å². The average Bonchev–Trinajstić information content (AvgIpc) is 3.19. The Hall–Kier alpha value is -2.30. The van der Waals surface area contributed by atoms with Crippen LogP contribution < -0.4 is 5.32 Å². The van der Waals surface area contributed by atoms with E-state index in [4.69, 9.17) is 0 Å². The zero-order valence-electron chi connectivity index (χ0n) is 15.0. The van der Waals surface area contributed by atoms with E-state index in [0.29, 0.717) is 28.8 Å². The van der Waals surface area contributed by atoms with Gasteiger partial charge in [0.05, 0.1) is 21.1 Å². The number of hydrogen-bond donors (Lipinski definition) is 1. The molecule has 2 aromatic carbocycles. The van der Waals surface area contributed by atoms with Crippen molar-refractivity contribution in [3.63, 3.8) is 0 Å². The summed E-state index contributed by atoms with van der Waals surface area (Å²) in [7, 11) is -3.67. The maximum Gasteiger partial charge on any atom is 0.271 e. The Morgan fingerprint density at radius 2 is 1.86 bits per heavy atom. The third kappa shape index (κ3) is 4.08. The lowest BCUT2D eigenvalue weighted by Gasteiger charge is -2.16. The van der Waals surface area contributed by atoms with E-state index in [1.165, 1.54) is 40.7 Å². The molecule has 10 heteroatoms. The molecule has 2 aromatic rings. The third-order valence-corrected chi connectivity index (χ3v) is 7.15. The van der Waals surface area contributed by atoms with Crippen molar-refractivity contribution in [1.82, 2.24) is 4.31 Å². The second-order valence-corrected chi connectivity index (χ2v) is 9.26. The number of halogens is 1. The number of carbonyl (C=O) groups is 1. The standard InChI is InChI=1S/C18H18BrN3O5S/c1-12-4-5-13(22(24)25)10-17(12)20-18(23)15-11-14(6-7-16(15)19)28(26,27)21-8-2-3-9-21/h4-7,10-11H,2-3,8-9H2,1H3,(H,20,23). The second kappa shape index (κ2) is 7.98. The topological polar surface area (TPSA) is 110 Å². The minimum Gasteiger partial charge on any atom is -0.321 e. The van der Waals surface area contributed by atoms with Gasteiger partial charge in [0.2, 0.25) is 10.0 Å². The summed E-state index contributed by atoms with van der Waals surface area (Å²) in [4.78, 5) is 23.2. The van der Waals surface area contributed by atoms with Crippen LogP contribution in [0.25, 0.3) is 0 Å². The number of rotatable bonds is 5. The molecule has 0 bridgehead atoms. The van der Waals surface area contributed by atoms with Crippen LogP contribution >= 0.6 is 15.9 Å². The van der Waals surface area contributed by atoms with E-state index in [1.54, 1.807) is 6.92 Å². The molecule has 1 fully saturated rings. The van der Waals surface area contributed by atoms with Gasteiger partial charge in [0.1, 0.15) is 0 Å². The summed E-state index contributed by atoms with van der Waals surface area (Å²) in [5, 5.41) is 13.6. The third-order valence-electron chi connectivity index (χ3n) is 4.57. The van der Waals surface area contributed by atoms with Gasteiger partial charge in [0.15, 0.2) is 0 Å². The summed E-state index contributed by atoms with van der Waals surface area (Å²) in [6.45, 7) is 2.64. The van der Waals surface area contributed by atoms with Crippen LogP contribution in [0, 0.1) is 17.0 Å². The molecule has 0 saturated carbocycles. The number of non-ortho nitro benzene ring substituents is 1. The molecular formula is C18H18BrN3O5S. The highest BCUT2D eigenvalue weighted by Crippen LogP contribution is 2.27. The molecule has 3 rings (SSSR count). The number of amides is 1. The Morgan fingerprint density at radius 1 is 1.18 bits per heavy atom. The van der Waals surface area contributed by atoms with Gasteiger partial charge < -0.3 is 5.32 Å². The monoisotopic (exact) mass is 467 g/mol. The number of nitro groups is 1. The number of anilines is 1. The SMILES string of the molecule is Cc1ccc([N+](=O)[O-])cc1NC(=O)c1cc(S(=O)(=O)N2CCCC2)ccc1Br. The number of nitrogens with zero attached hydrogens (tertiary/aromatic N) is 2. The van der Waals surface area contributed by atoms with E-state index in [1.807, 2.05) is 0 Å². The van der Waals surface area contributed by atoms with Crippen LogP contribution in [0.2, 0.25) is 0 Å². The second-order valence-electron chi connectivity index (χ2n) is 6.46. The Bertz CT molecular complexity index is 1050. The Morgan fingerprint density at radius 3 is 2.50 bits per heavy atom. The van der Waals surface area contributed by atoms with E-state index < -0.39 is 20.9 Å². The van der Waals surface area contributed by atoms with Crippen molar-refractivity contribution in [2.24, 2.45) is 0 Å². The van der Waals surface area contributed by atoms with Gasteiger partial charge in [0.25, 0.3) is 11.6 Å². The van der Waals surface area contributed by atoms with Crippen LogP contribution in [0.5, 0.6) is 0 Å². The number of sulfonamides is 1. The van der Waals surface area contributed by atoms with E-state index >= 15 is 0 Å². The smallest absolute Gasteiger partial charge is 0.271 e. The fourth-order valence-corrected chi connectivity index (χ4v) is 4.93. The normalized spacial score (nSPS) is 14.8. The summed E-state index contributed by atoms with van der Waals surface area (Å²) < 4.78 is 27.3. The molecule has 1 N–H and O–H groups in total. The van der Waals surface area contributed by atoms with Crippen LogP contribution in [-0.4, -0.2) is 36.6 Å². The van der Waals surface area contributed by atoms with Gasteiger partial charge in [-0.05, 0) is 59.5 Å². The van der Waals surface area contributed by atoms with E-state index in [2.05, 4.69) is 21.2 Å². The molecule has 0 aromatic heterocycles. The van der Waals surface area contributed by atoms with Crippen molar-refractivity contribution >= 4 is 43.2 Å². The molecule has 0 aliphatic carbocycles. The maximum absolute atomic E-state index is 12.8. The zero-order chi connectivity index (χ0) is 20.5. The molecular weight excluding hydrogens is 450 g/mol. The minimum absolute atomic E-state index is 0.0403. The first kappa shape index (κ1) is 20.4. The molecule has 0 radical (unpaired) electrons. The first-order valence-corrected chi connectivity index (χ1v) is 10.8. The highest BCUT2D eigenvalue weighted by Gasteiger charge is 2.28. The van der Waals surface area contributed by atoms with Gasteiger partial charge in [-0.25, -0.2) is 8.42 Å². The minimum atomic E-state index is -3.67. The van der Waals surface area contributed by atoms with Crippen molar-refractivity contribution in [2.45, 2.75) is 24.7 Å². The largest absolute Gasteiger partial charge is 0.321 e. The van der Waals surface area contributed by atoms with Gasteiger partial charge in [-0.3, -0.25) is 14.9 Å². The van der Waals surface area contributed by atoms with Crippen molar-refractivity contribution in [3.8, 4) is 0 Å². The summed E-state index contributed by atoms with van der Waals surface area (Å²) >= 11 is 3.27. The lowest BCUT2D eigenvalue weighted by Crippen LogP contribution is -2.28. The van der Waals surface area contributed by atoms with Crippen molar-refractivity contribution in [1.29, 1.82) is 0 Å². The molecule has 0 spiro atoms. The number of hydrogen-bond acceptors (Lipinski definition) is 5. The average molecular weight is 468 g/mol. The zero-order valence-corrected chi connectivity index (χ0v) is 17.4. The quantitative estimate of drug-likeness (QED) is 0.532. The van der Waals surface area contributed by atoms with Crippen LogP contribution in [0.4, 0.5) is 11.4 Å². The molecule has 8 nitrogen and oxygen atoms in total. The maximum atomic E-state index is 12.8. The number of aryl methyl sites for hydroxylation is 1. The van der Waals surface area contributed by atoms with Gasteiger partial charge in [0, 0.05) is 29.7 Å². The highest BCUT2D eigenvalue weighted by molar-refractivity contribution is 9.10.